The van der Waals surface area contributed by atoms with Gasteiger partial charge in [0.2, 0.25) is 0 Å². The molecule has 0 saturated carbocycles. The molecule has 1 aliphatic heterocycles. The molecule has 0 aromatic carbocycles. The molecule has 1 aromatic heterocycles. The third kappa shape index (κ3) is 3.81. The van der Waals surface area contributed by atoms with Gasteiger partial charge in [0.25, 0.3) is 0 Å². The number of hydrogen-bond acceptors (Lipinski definition) is 3. The Balaban J connectivity index is 1.89. The lowest BCUT2D eigenvalue weighted by Gasteiger charge is -2.23. The lowest BCUT2D eigenvalue weighted by Crippen LogP contribution is -2.37. The van der Waals surface area contributed by atoms with Gasteiger partial charge in [-0.25, -0.2) is 0 Å². The molecule has 1 aliphatic rings. The monoisotopic (exact) mass is 364 g/mol. The summed E-state index contributed by atoms with van der Waals surface area (Å²) in [6, 6.07) is 2.69. The van der Waals surface area contributed by atoms with E-state index in [0.29, 0.717) is 6.04 Å². The molecule has 1 N–H and O–H groups in total. The van der Waals surface area contributed by atoms with Crippen LogP contribution in [0.1, 0.15) is 25.5 Å². The summed E-state index contributed by atoms with van der Waals surface area (Å²) >= 11 is 6.82. The van der Waals surface area contributed by atoms with Crippen molar-refractivity contribution in [1.82, 2.24) is 10.2 Å². The van der Waals surface area contributed by atoms with Crippen LogP contribution in [0, 0.1) is 0 Å². The molecule has 5 heteroatoms. The molecule has 0 spiro atoms. The molecular formula is C12H18Br2N2O. The maximum absolute atomic E-state index is 5.62. The highest BCUT2D eigenvalue weighted by Gasteiger charge is 2.18. The van der Waals surface area contributed by atoms with Gasteiger partial charge in [-0.15, -0.1) is 0 Å². The van der Waals surface area contributed by atoms with Crippen LogP contribution in [0.3, 0.4) is 0 Å². The van der Waals surface area contributed by atoms with E-state index >= 15 is 0 Å². The van der Waals surface area contributed by atoms with Crippen LogP contribution in [0.2, 0.25) is 0 Å². The van der Waals surface area contributed by atoms with E-state index in [9.17, 15) is 0 Å². The van der Waals surface area contributed by atoms with Gasteiger partial charge in [-0.2, -0.15) is 0 Å². The standard InChI is InChI=1S/C12H18Br2N2O/c1-2-16(7-9-4-3-5-15-9)8-10-6-11(13)12(14)17-10/h6,9,15H,2-5,7-8H2,1H3. The van der Waals surface area contributed by atoms with Crippen molar-refractivity contribution >= 4 is 31.9 Å². The molecule has 1 unspecified atom stereocenters. The Bertz CT molecular complexity index is 342. The quantitative estimate of drug-likeness (QED) is 0.866. The van der Waals surface area contributed by atoms with E-state index in [1.165, 1.54) is 19.4 Å². The highest BCUT2D eigenvalue weighted by atomic mass is 79.9. The van der Waals surface area contributed by atoms with Crippen molar-refractivity contribution in [2.45, 2.75) is 32.4 Å². The van der Waals surface area contributed by atoms with Crippen molar-refractivity contribution in [1.29, 1.82) is 0 Å². The normalized spacial score (nSPS) is 20.4. The van der Waals surface area contributed by atoms with Gasteiger partial charge in [-0.3, -0.25) is 4.90 Å². The highest BCUT2D eigenvalue weighted by Crippen LogP contribution is 2.27. The predicted molar refractivity (Wildman–Crippen MR) is 76.1 cm³/mol. The van der Waals surface area contributed by atoms with Crippen LogP contribution in [0.5, 0.6) is 0 Å². The molecule has 1 atom stereocenters. The van der Waals surface area contributed by atoms with Crippen molar-refractivity contribution in [2.24, 2.45) is 0 Å². The van der Waals surface area contributed by atoms with Gasteiger partial charge in [-0.1, -0.05) is 6.92 Å². The molecule has 1 fully saturated rings. The second-order valence-corrected chi connectivity index (χ2v) is 6.03. The first-order valence-corrected chi connectivity index (χ1v) is 7.67. The summed E-state index contributed by atoms with van der Waals surface area (Å²) in [7, 11) is 0. The Morgan fingerprint density at radius 1 is 1.53 bits per heavy atom. The minimum Gasteiger partial charge on any atom is -0.452 e. The third-order valence-corrected chi connectivity index (χ3v) is 4.87. The molecule has 2 rings (SSSR count). The van der Waals surface area contributed by atoms with E-state index in [2.05, 4.69) is 49.0 Å². The zero-order valence-electron chi connectivity index (χ0n) is 10.0. The van der Waals surface area contributed by atoms with Gasteiger partial charge in [0.05, 0.1) is 11.0 Å². The Morgan fingerprint density at radius 2 is 2.35 bits per heavy atom. The lowest BCUT2D eigenvalue weighted by atomic mass is 10.2. The largest absolute Gasteiger partial charge is 0.452 e. The maximum Gasteiger partial charge on any atom is 0.183 e. The number of likely N-dealkylation sites (N-methyl/N-ethyl adjacent to an activating group) is 1. The predicted octanol–water partition coefficient (Wildman–Crippen LogP) is 3.38. The van der Waals surface area contributed by atoms with Gasteiger partial charge in [0.1, 0.15) is 5.76 Å². The van der Waals surface area contributed by atoms with Gasteiger partial charge < -0.3 is 9.73 Å². The Kier molecular flexibility index (Phi) is 5.09. The van der Waals surface area contributed by atoms with Crippen molar-refractivity contribution in [3.8, 4) is 0 Å². The highest BCUT2D eigenvalue weighted by molar-refractivity contribution is 9.13. The summed E-state index contributed by atoms with van der Waals surface area (Å²) in [6.45, 7) is 6.39. The van der Waals surface area contributed by atoms with Crippen molar-refractivity contribution < 1.29 is 4.42 Å². The molecule has 0 bridgehead atoms. The van der Waals surface area contributed by atoms with Crippen LogP contribution in [-0.4, -0.2) is 30.6 Å². The van der Waals surface area contributed by atoms with E-state index in [1.807, 2.05) is 6.07 Å². The molecule has 0 amide bonds. The Morgan fingerprint density at radius 3 is 2.88 bits per heavy atom. The lowest BCUT2D eigenvalue weighted by molar-refractivity contribution is 0.233. The van der Waals surface area contributed by atoms with Crippen LogP contribution < -0.4 is 5.32 Å². The third-order valence-electron chi connectivity index (χ3n) is 3.16. The summed E-state index contributed by atoms with van der Waals surface area (Å²) in [5, 5.41) is 3.53. The zero-order chi connectivity index (χ0) is 12.3. The van der Waals surface area contributed by atoms with Gasteiger partial charge in [0.15, 0.2) is 4.67 Å². The number of rotatable bonds is 5. The van der Waals surface area contributed by atoms with E-state index in [0.717, 1.165) is 34.5 Å². The minimum absolute atomic E-state index is 0.650. The summed E-state index contributed by atoms with van der Waals surface area (Å²) in [6.07, 6.45) is 2.60. The first-order valence-electron chi connectivity index (χ1n) is 6.08. The van der Waals surface area contributed by atoms with Crippen LogP contribution in [0.25, 0.3) is 0 Å². The summed E-state index contributed by atoms with van der Waals surface area (Å²) < 4.78 is 7.39. The first kappa shape index (κ1) is 13.6. The summed E-state index contributed by atoms with van der Waals surface area (Å²) in [5.41, 5.74) is 0. The van der Waals surface area contributed by atoms with Gasteiger partial charge >= 0.3 is 0 Å². The second kappa shape index (κ2) is 6.36. The fourth-order valence-corrected chi connectivity index (χ4v) is 2.88. The van der Waals surface area contributed by atoms with E-state index in [-0.39, 0.29) is 0 Å². The number of nitrogens with zero attached hydrogens (tertiary/aromatic N) is 1. The zero-order valence-corrected chi connectivity index (χ0v) is 13.2. The molecule has 0 radical (unpaired) electrons. The van der Waals surface area contributed by atoms with E-state index < -0.39 is 0 Å². The Labute approximate surface area is 119 Å². The smallest absolute Gasteiger partial charge is 0.183 e. The molecule has 1 saturated heterocycles. The molecule has 96 valence electrons. The SMILES string of the molecule is CCN(Cc1cc(Br)c(Br)o1)CC1CCCN1. The van der Waals surface area contributed by atoms with Crippen LogP contribution in [0.4, 0.5) is 0 Å². The summed E-state index contributed by atoms with van der Waals surface area (Å²) in [5.74, 6) is 1.00. The topological polar surface area (TPSA) is 28.4 Å². The van der Waals surface area contributed by atoms with E-state index in [1.54, 1.807) is 0 Å². The molecule has 3 nitrogen and oxygen atoms in total. The van der Waals surface area contributed by atoms with Crippen molar-refractivity contribution in [2.75, 3.05) is 19.6 Å². The second-order valence-electron chi connectivity index (χ2n) is 4.46. The molecule has 1 aromatic rings. The molecule has 0 aliphatic carbocycles. The number of furan rings is 1. The van der Waals surface area contributed by atoms with Crippen molar-refractivity contribution in [3.05, 3.63) is 21.0 Å². The minimum atomic E-state index is 0.650. The fourth-order valence-electron chi connectivity index (χ4n) is 2.22. The average Bonchev–Trinajstić information content (AvgIpc) is 2.89. The van der Waals surface area contributed by atoms with Crippen LogP contribution in [0.15, 0.2) is 19.6 Å². The van der Waals surface area contributed by atoms with Crippen molar-refractivity contribution in [3.63, 3.8) is 0 Å². The summed E-state index contributed by atoms with van der Waals surface area (Å²) in [4.78, 5) is 2.42. The number of nitrogens with one attached hydrogen (secondary N) is 1. The molecule has 17 heavy (non-hydrogen) atoms. The first-order chi connectivity index (χ1) is 8.19. The van der Waals surface area contributed by atoms with Crippen LogP contribution in [-0.2, 0) is 6.54 Å². The molecular weight excluding hydrogens is 348 g/mol. The Hall–Kier alpha value is 0.160. The van der Waals surface area contributed by atoms with E-state index in [4.69, 9.17) is 4.42 Å². The maximum atomic E-state index is 5.62. The van der Waals surface area contributed by atoms with Gasteiger partial charge in [-0.05, 0) is 63.9 Å². The molecule has 2 heterocycles. The number of hydrogen-bond donors (Lipinski definition) is 1. The van der Waals surface area contributed by atoms with Crippen LogP contribution >= 0.6 is 31.9 Å². The average molecular weight is 366 g/mol. The fraction of sp³-hybridized carbons (Fsp3) is 0.667. The van der Waals surface area contributed by atoms with Gasteiger partial charge in [0, 0.05) is 12.6 Å². The number of halogens is 2.